The van der Waals surface area contributed by atoms with E-state index in [-0.39, 0.29) is 6.61 Å². The van der Waals surface area contributed by atoms with E-state index < -0.39 is 10.4 Å². The number of hydrogen-bond donors (Lipinski definition) is 2. The Kier molecular flexibility index (Phi) is 25.2. The summed E-state index contributed by atoms with van der Waals surface area (Å²) in [4.78, 5) is 1.74. The lowest BCUT2D eigenvalue weighted by atomic mass is 10.1. The van der Waals surface area contributed by atoms with Gasteiger partial charge in [0, 0.05) is 13.2 Å². The van der Waals surface area contributed by atoms with Crippen LogP contribution in [-0.2, 0) is 14.6 Å². The molecule has 7 heteroatoms. The first-order valence-corrected chi connectivity index (χ1v) is 12.7. The van der Waals surface area contributed by atoms with Crippen LogP contribution in [0.2, 0.25) is 0 Å². The molecule has 0 aromatic carbocycles. The molecule has 0 radical (unpaired) electrons. The molecular weight excluding hydrogens is 390 g/mol. The minimum Gasteiger partial charge on any atom is -0.396 e. The van der Waals surface area contributed by atoms with Crippen molar-refractivity contribution < 1.29 is 22.3 Å². The van der Waals surface area contributed by atoms with Crippen molar-refractivity contribution in [2.75, 3.05) is 33.9 Å². The molecule has 0 aliphatic heterocycles. The Bertz CT molecular complexity index is 438. The predicted octanol–water partition coefficient (Wildman–Crippen LogP) is 5.38. The van der Waals surface area contributed by atoms with Crippen LogP contribution in [0.1, 0.15) is 96.8 Å². The first-order valence-electron chi connectivity index (χ1n) is 11.4. The van der Waals surface area contributed by atoms with Crippen molar-refractivity contribution in [2.24, 2.45) is 0 Å². The number of nitrogens with zero attached hydrogens (tertiary/aromatic N) is 1. The van der Waals surface area contributed by atoms with E-state index in [4.69, 9.17) is 9.66 Å². The number of allylic oxidation sites excluding steroid dienone is 2. The van der Waals surface area contributed by atoms with Crippen LogP contribution in [0.5, 0.6) is 0 Å². The number of likely N-dealkylation sites (N-methyl/N-ethyl adjacent to an activating group) is 1. The molecule has 0 rings (SSSR count). The van der Waals surface area contributed by atoms with Crippen molar-refractivity contribution in [3.8, 4) is 0 Å². The molecule has 0 atom stereocenters. The van der Waals surface area contributed by atoms with Gasteiger partial charge in [-0.05, 0) is 46.2 Å². The van der Waals surface area contributed by atoms with E-state index in [0.29, 0.717) is 13.2 Å². The Hall–Kier alpha value is -0.470. The Morgan fingerprint density at radius 3 is 1.66 bits per heavy atom. The van der Waals surface area contributed by atoms with Crippen molar-refractivity contribution in [3.63, 3.8) is 0 Å². The monoisotopic (exact) mass is 437 g/mol. The molecule has 176 valence electrons. The average Bonchev–Trinajstić information content (AvgIpc) is 2.64. The largest absolute Gasteiger partial charge is 0.397 e. The van der Waals surface area contributed by atoms with Gasteiger partial charge in [-0.3, -0.25) is 4.55 Å². The second-order valence-corrected chi connectivity index (χ2v) is 8.81. The topological polar surface area (TPSA) is 87.1 Å². The standard InChI is InChI=1S/C18H36O.C4H11NO4S/c1-2-3-4-5-6-7-8-9-10-11-12-13-14-15-16-17-18-19;1-5(2)3-4-9-10(6,7)8/h9-10,19H,2-8,11-18H2,1H3;3-4H2,1-2H3,(H,6,7,8)/b10-9-;. The molecule has 0 aromatic heterocycles. The number of aliphatic hydroxyl groups is 1. The maximum atomic E-state index is 9.93. The summed E-state index contributed by atoms with van der Waals surface area (Å²) in [6.45, 7) is 3.07. The summed E-state index contributed by atoms with van der Waals surface area (Å²) in [5.41, 5.74) is 0. The average molecular weight is 438 g/mol. The van der Waals surface area contributed by atoms with Crippen LogP contribution in [0.25, 0.3) is 0 Å². The normalized spacial score (nSPS) is 11.8. The summed E-state index contributed by atoms with van der Waals surface area (Å²) in [5, 5.41) is 8.66. The van der Waals surface area contributed by atoms with Gasteiger partial charge >= 0.3 is 10.4 Å². The quantitative estimate of drug-likeness (QED) is 0.160. The molecule has 2 N–H and O–H groups in total. The highest BCUT2D eigenvalue weighted by atomic mass is 32.3. The second-order valence-electron chi connectivity index (χ2n) is 7.71. The van der Waals surface area contributed by atoms with E-state index in [1.165, 1.54) is 83.5 Å². The molecule has 0 aromatic rings. The molecule has 0 aliphatic carbocycles. The molecule has 0 spiro atoms. The van der Waals surface area contributed by atoms with Crippen LogP contribution in [-0.4, -0.2) is 56.8 Å². The highest BCUT2D eigenvalue weighted by Crippen LogP contribution is 2.09. The molecule has 0 saturated heterocycles. The smallest absolute Gasteiger partial charge is 0.396 e. The van der Waals surface area contributed by atoms with E-state index in [2.05, 4.69) is 23.3 Å². The zero-order chi connectivity index (χ0) is 22.2. The third-order valence-electron chi connectivity index (χ3n) is 4.44. The van der Waals surface area contributed by atoms with Crippen LogP contribution < -0.4 is 0 Å². The molecular formula is C22H47NO5S. The van der Waals surface area contributed by atoms with Gasteiger partial charge in [-0.1, -0.05) is 76.9 Å². The molecule has 0 unspecified atom stereocenters. The van der Waals surface area contributed by atoms with Crippen LogP contribution in [0.4, 0.5) is 0 Å². The maximum Gasteiger partial charge on any atom is 0.397 e. The highest BCUT2D eigenvalue weighted by Gasteiger charge is 2.02. The minimum absolute atomic E-state index is 0.0220. The Balaban J connectivity index is 0. The lowest BCUT2D eigenvalue weighted by Crippen LogP contribution is -2.19. The van der Waals surface area contributed by atoms with E-state index in [9.17, 15) is 8.42 Å². The van der Waals surface area contributed by atoms with Crippen LogP contribution in [0.15, 0.2) is 12.2 Å². The van der Waals surface area contributed by atoms with Gasteiger partial charge in [-0.25, -0.2) is 4.18 Å². The second kappa shape index (κ2) is 23.8. The highest BCUT2D eigenvalue weighted by molar-refractivity contribution is 7.80. The zero-order valence-corrected chi connectivity index (χ0v) is 20.0. The first kappa shape index (κ1) is 30.7. The van der Waals surface area contributed by atoms with E-state index in [1.54, 1.807) is 19.0 Å². The van der Waals surface area contributed by atoms with Crippen molar-refractivity contribution in [3.05, 3.63) is 12.2 Å². The fourth-order valence-corrected chi connectivity index (χ4v) is 2.97. The minimum atomic E-state index is -4.25. The van der Waals surface area contributed by atoms with Gasteiger partial charge in [-0.2, -0.15) is 8.42 Å². The van der Waals surface area contributed by atoms with Crippen molar-refractivity contribution >= 4 is 10.4 Å². The van der Waals surface area contributed by atoms with Gasteiger partial charge in [0.05, 0.1) is 6.61 Å². The third-order valence-corrected chi connectivity index (χ3v) is 4.91. The van der Waals surface area contributed by atoms with Crippen molar-refractivity contribution in [1.29, 1.82) is 0 Å². The Morgan fingerprint density at radius 1 is 0.793 bits per heavy atom. The van der Waals surface area contributed by atoms with Crippen molar-refractivity contribution in [1.82, 2.24) is 4.90 Å². The van der Waals surface area contributed by atoms with Gasteiger partial charge in [0.15, 0.2) is 0 Å². The number of rotatable bonds is 19. The molecule has 6 nitrogen and oxygen atoms in total. The van der Waals surface area contributed by atoms with Crippen LogP contribution >= 0.6 is 0 Å². The van der Waals surface area contributed by atoms with Gasteiger partial charge in [0.25, 0.3) is 0 Å². The van der Waals surface area contributed by atoms with Crippen LogP contribution in [0.3, 0.4) is 0 Å². The Morgan fingerprint density at radius 2 is 1.24 bits per heavy atom. The Labute approximate surface area is 180 Å². The van der Waals surface area contributed by atoms with E-state index in [0.717, 1.165) is 6.42 Å². The lowest BCUT2D eigenvalue weighted by molar-refractivity contribution is 0.235. The number of unbranched alkanes of at least 4 members (excludes halogenated alkanes) is 12. The van der Waals surface area contributed by atoms with E-state index >= 15 is 0 Å². The van der Waals surface area contributed by atoms with Gasteiger partial charge in [0.2, 0.25) is 0 Å². The van der Waals surface area contributed by atoms with Gasteiger partial charge < -0.3 is 10.0 Å². The SMILES string of the molecule is CCCCCCCC/C=C\CCCCCCCCO.CN(C)CCOS(=O)(=O)O. The summed E-state index contributed by atoms with van der Waals surface area (Å²) in [6, 6.07) is 0. The molecule has 0 saturated carbocycles. The maximum absolute atomic E-state index is 9.93. The molecule has 0 bridgehead atoms. The summed E-state index contributed by atoms with van der Waals surface area (Å²) in [5.74, 6) is 0. The molecule has 0 aliphatic rings. The van der Waals surface area contributed by atoms with Gasteiger partial charge in [-0.15, -0.1) is 0 Å². The fourth-order valence-electron chi connectivity index (χ4n) is 2.68. The van der Waals surface area contributed by atoms with Crippen LogP contribution in [0, 0.1) is 0 Å². The molecule has 0 heterocycles. The summed E-state index contributed by atoms with van der Waals surface area (Å²) in [7, 11) is -0.704. The molecule has 29 heavy (non-hydrogen) atoms. The fraction of sp³-hybridized carbons (Fsp3) is 0.909. The van der Waals surface area contributed by atoms with Crippen molar-refractivity contribution in [2.45, 2.75) is 96.8 Å². The third kappa shape index (κ3) is 35.3. The summed E-state index contributed by atoms with van der Waals surface area (Å²) < 4.78 is 31.9. The first-order chi connectivity index (χ1) is 13.8. The molecule has 0 amide bonds. The van der Waals surface area contributed by atoms with Gasteiger partial charge in [0.1, 0.15) is 0 Å². The summed E-state index contributed by atoms with van der Waals surface area (Å²) >= 11 is 0. The predicted molar refractivity (Wildman–Crippen MR) is 123 cm³/mol. The molecule has 0 fully saturated rings. The number of aliphatic hydroxyl groups excluding tert-OH is 1. The van der Waals surface area contributed by atoms with E-state index in [1.807, 2.05) is 0 Å². The summed E-state index contributed by atoms with van der Waals surface area (Å²) in [6.07, 6.45) is 23.2. The lowest BCUT2D eigenvalue weighted by Gasteiger charge is -2.06. The zero-order valence-electron chi connectivity index (χ0n) is 19.2. The number of hydrogen-bond acceptors (Lipinski definition) is 5.